The Labute approximate surface area is 176 Å². The normalized spacial score (nSPS) is 10.9. The summed E-state index contributed by atoms with van der Waals surface area (Å²) >= 11 is 0. The minimum atomic E-state index is -0.542. The van der Waals surface area contributed by atoms with Crippen LogP contribution in [0.1, 0.15) is 27.2 Å². The lowest BCUT2D eigenvalue weighted by Crippen LogP contribution is -2.33. The zero-order chi connectivity index (χ0) is 22.8. The van der Waals surface area contributed by atoms with Crippen LogP contribution in [-0.4, -0.2) is 94.7 Å². The van der Waals surface area contributed by atoms with Crippen LogP contribution in [0.3, 0.4) is 0 Å². The molecule has 0 aliphatic heterocycles. The molecule has 0 aromatic rings. The van der Waals surface area contributed by atoms with Crippen molar-refractivity contribution < 1.29 is 33.3 Å². The Morgan fingerprint density at radius 3 is 2.07 bits per heavy atom. The van der Waals surface area contributed by atoms with Crippen LogP contribution in [0.2, 0.25) is 0 Å². The van der Waals surface area contributed by atoms with Gasteiger partial charge in [0.1, 0.15) is 18.8 Å². The Hall–Kier alpha value is -2.31. The Balaban J connectivity index is 3.45. The summed E-state index contributed by atoms with van der Waals surface area (Å²) in [5.41, 5.74) is -0.542. The second kappa shape index (κ2) is 16.5. The van der Waals surface area contributed by atoms with E-state index in [1.807, 2.05) is 0 Å². The van der Waals surface area contributed by atoms with E-state index in [1.165, 1.54) is 7.05 Å². The van der Waals surface area contributed by atoms with Crippen molar-refractivity contribution in [2.24, 2.45) is 5.29 Å². The van der Waals surface area contributed by atoms with Gasteiger partial charge in [0.25, 0.3) is 0 Å². The molecule has 0 radical (unpaired) electrons. The molecule has 0 spiro atoms. The minimum absolute atomic E-state index is 0.132. The second-order valence-electron chi connectivity index (χ2n) is 7.22. The van der Waals surface area contributed by atoms with Gasteiger partial charge in [0.2, 0.25) is 11.8 Å². The predicted octanol–water partition coefficient (Wildman–Crippen LogP) is -0.386. The van der Waals surface area contributed by atoms with Crippen molar-refractivity contribution in [2.75, 3.05) is 66.3 Å². The SMILES string of the molecule is CN(CCC(=O)NCCOCC(=O)NCCOCCOCC(=O)OC(C)(C)C)N=O. The number of nitrogens with one attached hydrogen (secondary N) is 2. The maximum absolute atomic E-state index is 11.6. The van der Waals surface area contributed by atoms with Gasteiger partial charge in [-0.15, -0.1) is 4.91 Å². The van der Waals surface area contributed by atoms with Gasteiger partial charge >= 0.3 is 5.97 Å². The van der Waals surface area contributed by atoms with Gasteiger partial charge in [-0.2, -0.15) is 0 Å². The average molecular weight is 434 g/mol. The molecular weight excluding hydrogens is 400 g/mol. The fraction of sp³-hybridized carbons (Fsp3) is 0.833. The largest absolute Gasteiger partial charge is 0.458 e. The smallest absolute Gasteiger partial charge is 0.332 e. The van der Waals surface area contributed by atoms with E-state index < -0.39 is 11.6 Å². The third-order valence-electron chi connectivity index (χ3n) is 3.18. The fourth-order valence-corrected chi connectivity index (χ4v) is 1.88. The van der Waals surface area contributed by atoms with Crippen LogP contribution in [0.5, 0.6) is 0 Å². The van der Waals surface area contributed by atoms with Crippen LogP contribution in [0, 0.1) is 4.91 Å². The van der Waals surface area contributed by atoms with Gasteiger partial charge < -0.3 is 29.6 Å². The zero-order valence-electron chi connectivity index (χ0n) is 18.2. The summed E-state index contributed by atoms with van der Waals surface area (Å²) in [4.78, 5) is 44.6. The third kappa shape index (κ3) is 19.0. The van der Waals surface area contributed by atoms with E-state index in [1.54, 1.807) is 20.8 Å². The maximum atomic E-state index is 11.6. The minimum Gasteiger partial charge on any atom is -0.458 e. The average Bonchev–Trinajstić information content (AvgIpc) is 2.66. The molecule has 0 fully saturated rings. The molecule has 0 heterocycles. The first-order valence-corrected chi connectivity index (χ1v) is 9.67. The molecule has 174 valence electrons. The number of carbonyl (C=O) groups is 3. The third-order valence-corrected chi connectivity index (χ3v) is 3.18. The van der Waals surface area contributed by atoms with E-state index in [2.05, 4.69) is 15.9 Å². The van der Waals surface area contributed by atoms with Crippen LogP contribution < -0.4 is 10.6 Å². The summed E-state index contributed by atoms with van der Waals surface area (Å²) in [6, 6.07) is 0. The van der Waals surface area contributed by atoms with Gasteiger partial charge in [-0.3, -0.25) is 14.6 Å². The summed E-state index contributed by atoms with van der Waals surface area (Å²) < 4.78 is 20.7. The molecule has 0 unspecified atom stereocenters. The van der Waals surface area contributed by atoms with E-state index in [0.29, 0.717) is 13.2 Å². The molecule has 0 bridgehead atoms. The first-order chi connectivity index (χ1) is 14.1. The fourth-order valence-electron chi connectivity index (χ4n) is 1.88. The highest BCUT2D eigenvalue weighted by molar-refractivity contribution is 5.77. The van der Waals surface area contributed by atoms with Crippen molar-refractivity contribution in [3.63, 3.8) is 0 Å². The lowest BCUT2D eigenvalue weighted by Gasteiger charge is -2.19. The molecule has 2 N–H and O–H groups in total. The van der Waals surface area contributed by atoms with Crippen LogP contribution in [0.25, 0.3) is 0 Å². The number of ether oxygens (including phenoxy) is 4. The van der Waals surface area contributed by atoms with Crippen molar-refractivity contribution in [3.05, 3.63) is 4.91 Å². The Morgan fingerprint density at radius 1 is 0.867 bits per heavy atom. The highest BCUT2D eigenvalue weighted by Gasteiger charge is 2.15. The molecule has 2 amide bonds. The number of carbonyl (C=O) groups excluding carboxylic acids is 3. The summed E-state index contributed by atoms with van der Waals surface area (Å²) in [6.07, 6.45) is 0.148. The van der Waals surface area contributed by atoms with E-state index in [-0.39, 0.29) is 64.4 Å². The molecule has 0 aromatic carbocycles. The van der Waals surface area contributed by atoms with E-state index in [4.69, 9.17) is 18.9 Å². The molecule has 0 aliphatic rings. The molecule has 0 rings (SSSR count). The van der Waals surface area contributed by atoms with E-state index >= 15 is 0 Å². The summed E-state index contributed by atoms with van der Waals surface area (Å²) in [5.74, 6) is -0.965. The van der Waals surface area contributed by atoms with Gasteiger partial charge in [-0.05, 0) is 20.8 Å². The van der Waals surface area contributed by atoms with Gasteiger partial charge in [0.05, 0.1) is 31.7 Å². The van der Waals surface area contributed by atoms with Crippen molar-refractivity contribution in [2.45, 2.75) is 32.8 Å². The lowest BCUT2D eigenvalue weighted by atomic mass is 10.2. The van der Waals surface area contributed by atoms with Crippen LogP contribution >= 0.6 is 0 Å². The van der Waals surface area contributed by atoms with Crippen molar-refractivity contribution in [3.8, 4) is 0 Å². The lowest BCUT2D eigenvalue weighted by molar-refractivity contribution is -0.160. The molecule has 30 heavy (non-hydrogen) atoms. The van der Waals surface area contributed by atoms with Crippen LogP contribution in [0.4, 0.5) is 0 Å². The number of nitrogens with zero attached hydrogens (tertiary/aromatic N) is 2. The molecule has 12 heteroatoms. The summed E-state index contributed by atoms with van der Waals surface area (Å²) in [7, 11) is 1.48. The van der Waals surface area contributed by atoms with Gasteiger partial charge in [-0.25, -0.2) is 4.79 Å². The molecule has 0 saturated carbocycles. The Morgan fingerprint density at radius 2 is 1.43 bits per heavy atom. The van der Waals surface area contributed by atoms with Gasteiger partial charge in [0.15, 0.2) is 0 Å². The first kappa shape index (κ1) is 27.7. The molecule has 0 aromatic heterocycles. The standard InChI is InChI=1S/C18H34N4O8/c1-18(2,3)30-17(25)14-29-12-11-27-9-6-20-16(24)13-28-10-7-19-15(23)5-8-22(4)21-26/h5-14H2,1-4H3,(H,19,23)(H,20,24). The monoisotopic (exact) mass is 434 g/mol. The van der Waals surface area contributed by atoms with Crippen molar-refractivity contribution in [1.82, 2.24) is 15.6 Å². The second-order valence-corrected chi connectivity index (χ2v) is 7.22. The molecular formula is C18H34N4O8. The van der Waals surface area contributed by atoms with Crippen molar-refractivity contribution >= 4 is 17.8 Å². The quantitative estimate of drug-likeness (QED) is 0.135. The van der Waals surface area contributed by atoms with Gasteiger partial charge in [0, 0.05) is 33.1 Å². The number of rotatable bonds is 17. The van der Waals surface area contributed by atoms with E-state index in [0.717, 1.165) is 5.01 Å². The Bertz CT molecular complexity index is 525. The molecule has 0 aliphatic carbocycles. The van der Waals surface area contributed by atoms with E-state index in [9.17, 15) is 19.3 Å². The zero-order valence-corrected chi connectivity index (χ0v) is 18.2. The Kier molecular flexibility index (Phi) is 15.2. The summed E-state index contributed by atoms with van der Waals surface area (Å²) in [6.45, 7) is 6.88. The number of amides is 2. The first-order valence-electron chi connectivity index (χ1n) is 9.67. The number of hydrogen-bond acceptors (Lipinski definition) is 9. The highest BCUT2D eigenvalue weighted by Crippen LogP contribution is 2.06. The predicted molar refractivity (Wildman–Crippen MR) is 107 cm³/mol. The molecule has 0 saturated heterocycles. The number of hydrogen-bond donors (Lipinski definition) is 2. The topological polar surface area (TPSA) is 145 Å². The molecule has 0 atom stereocenters. The van der Waals surface area contributed by atoms with Crippen molar-refractivity contribution in [1.29, 1.82) is 0 Å². The summed E-state index contributed by atoms with van der Waals surface area (Å²) in [5, 5.41) is 9.01. The maximum Gasteiger partial charge on any atom is 0.332 e. The highest BCUT2D eigenvalue weighted by atomic mass is 16.6. The van der Waals surface area contributed by atoms with Gasteiger partial charge in [-0.1, -0.05) is 0 Å². The molecule has 12 nitrogen and oxygen atoms in total. The van der Waals surface area contributed by atoms with Crippen LogP contribution in [-0.2, 0) is 33.3 Å². The number of nitroso groups, excluding NO2 is 1. The number of esters is 1. The van der Waals surface area contributed by atoms with Crippen LogP contribution in [0.15, 0.2) is 5.29 Å².